The van der Waals surface area contributed by atoms with Gasteiger partial charge < -0.3 is 20.5 Å². The topological polar surface area (TPSA) is 75.2 Å². The van der Waals surface area contributed by atoms with E-state index in [1.54, 1.807) is 25.1 Å². The lowest BCUT2D eigenvalue weighted by Crippen LogP contribution is -2.49. The highest BCUT2D eigenvalue weighted by Crippen LogP contribution is 2.26. The molecule has 1 aliphatic heterocycles. The quantitative estimate of drug-likeness (QED) is 0.512. The minimum Gasteiger partial charge on any atom is -0.350 e. The van der Waals surface area contributed by atoms with Crippen LogP contribution < -0.4 is 16.0 Å². The summed E-state index contributed by atoms with van der Waals surface area (Å²) in [5.41, 5.74) is 2.53. The first kappa shape index (κ1) is 18.7. The lowest BCUT2D eigenvalue weighted by Gasteiger charge is -2.17. The fourth-order valence-electron chi connectivity index (χ4n) is 4.18. The van der Waals surface area contributed by atoms with Crippen molar-refractivity contribution in [3.05, 3.63) is 70.9 Å². The number of aromatic nitrogens is 1. The van der Waals surface area contributed by atoms with Gasteiger partial charge in [-0.05, 0) is 55.5 Å². The van der Waals surface area contributed by atoms with Gasteiger partial charge >= 0.3 is 0 Å². The van der Waals surface area contributed by atoms with Gasteiger partial charge in [0.25, 0.3) is 0 Å². The van der Waals surface area contributed by atoms with Crippen LogP contribution in [0.1, 0.15) is 28.6 Å². The lowest BCUT2D eigenvalue weighted by atomic mass is 9.96. The van der Waals surface area contributed by atoms with E-state index >= 15 is 0 Å². The van der Waals surface area contributed by atoms with E-state index in [-0.39, 0.29) is 24.4 Å². The van der Waals surface area contributed by atoms with Crippen LogP contribution in [0.15, 0.2) is 54.7 Å². The Hall–Kier alpha value is -2.83. The van der Waals surface area contributed by atoms with Crippen molar-refractivity contribution in [3.63, 3.8) is 0 Å². The molecule has 2 amide bonds. The Morgan fingerprint density at radius 3 is 2.84 bits per heavy atom. The molecule has 6 nitrogen and oxygen atoms in total. The van der Waals surface area contributed by atoms with Gasteiger partial charge in [-0.25, -0.2) is 0 Å². The number of halogens is 1. The van der Waals surface area contributed by atoms with Gasteiger partial charge in [0.1, 0.15) is 6.04 Å². The summed E-state index contributed by atoms with van der Waals surface area (Å²) >= 11 is 6.23. The Balaban J connectivity index is 1.28. The molecule has 1 fully saturated rings. The summed E-state index contributed by atoms with van der Waals surface area (Å²) in [6.07, 6.45) is 3.03. The summed E-state index contributed by atoms with van der Waals surface area (Å²) in [7, 11) is 0. The molecule has 2 heterocycles. The number of nitrogens with zero attached hydrogens (tertiary/aromatic N) is 1. The number of amides is 2. The van der Waals surface area contributed by atoms with Crippen molar-refractivity contribution in [2.75, 3.05) is 6.54 Å². The predicted molar refractivity (Wildman–Crippen MR) is 127 cm³/mol. The number of aryl methyl sites for hydroxylation is 1. The first-order chi connectivity index (χ1) is 16.6. The number of carbonyl (C=O) groups is 2. The van der Waals surface area contributed by atoms with E-state index in [1.807, 2.05) is 18.2 Å². The largest absolute Gasteiger partial charge is 0.350 e. The standard InChI is InChI=1S/C25H29ClN4O2/c1-16(24(31)28-13-18-8-9-23-20(11-18)21(26)15-30(23)2)29-25(32)22-12-19(14-27-22)10-17-6-4-3-5-7-17/h3-9,11,15-16,19,22,27H,10,12-14H2,1-2H3,(H,28,31)(H,29,32)/t16-,19-,22+/m0/s1/i2D3. The molecular weight excluding hydrogens is 424 g/mol. The van der Waals surface area contributed by atoms with Crippen molar-refractivity contribution in [1.29, 1.82) is 0 Å². The lowest BCUT2D eigenvalue weighted by molar-refractivity contribution is -0.129. The second-order valence-electron chi connectivity index (χ2n) is 8.40. The summed E-state index contributed by atoms with van der Waals surface area (Å²) in [5.74, 6) is -0.106. The SMILES string of the molecule is [2H]C([2H])([2H])n1cc(Cl)c2cc(CNC(=O)[C@H](C)NC(=O)[C@H]3C[C@H](Cc4ccccc4)CN3)ccc21. The number of fused-ring (bicyclic) bond motifs is 1. The first-order valence-corrected chi connectivity index (χ1v) is 11.1. The highest BCUT2D eigenvalue weighted by atomic mass is 35.5. The fraction of sp³-hybridized carbons (Fsp3) is 0.360. The molecule has 4 rings (SSSR count). The molecule has 0 spiro atoms. The number of hydrogen-bond acceptors (Lipinski definition) is 3. The minimum absolute atomic E-state index is 0.178. The fourth-order valence-corrected chi connectivity index (χ4v) is 4.43. The monoisotopic (exact) mass is 455 g/mol. The van der Waals surface area contributed by atoms with Gasteiger partial charge in [0, 0.05) is 34.7 Å². The Kier molecular flexibility index (Phi) is 5.71. The van der Waals surface area contributed by atoms with Crippen LogP contribution in [-0.4, -0.2) is 35.0 Å². The van der Waals surface area contributed by atoms with Crippen LogP contribution in [0.4, 0.5) is 0 Å². The maximum absolute atomic E-state index is 12.7. The van der Waals surface area contributed by atoms with Crippen molar-refractivity contribution >= 4 is 34.3 Å². The first-order valence-electron chi connectivity index (χ1n) is 12.3. The van der Waals surface area contributed by atoms with E-state index in [0.29, 0.717) is 21.8 Å². The predicted octanol–water partition coefficient (Wildman–Crippen LogP) is 3.17. The van der Waals surface area contributed by atoms with Gasteiger partial charge in [0.05, 0.1) is 11.1 Å². The summed E-state index contributed by atoms with van der Waals surface area (Å²) in [6.45, 7) is 0.317. The van der Waals surface area contributed by atoms with Crippen LogP contribution in [0.5, 0.6) is 0 Å². The molecule has 1 aliphatic rings. The molecule has 32 heavy (non-hydrogen) atoms. The molecule has 0 unspecified atom stereocenters. The average Bonchev–Trinajstić information content (AvgIpc) is 3.42. The van der Waals surface area contributed by atoms with E-state index < -0.39 is 13.0 Å². The van der Waals surface area contributed by atoms with Crippen LogP contribution in [0.2, 0.25) is 5.02 Å². The molecule has 7 heteroatoms. The van der Waals surface area contributed by atoms with Crippen LogP contribution >= 0.6 is 11.6 Å². The zero-order chi connectivity index (χ0) is 25.2. The zero-order valence-electron chi connectivity index (χ0n) is 20.9. The maximum Gasteiger partial charge on any atom is 0.242 e. The summed E-state index contributed by atoms with van der Waals surface area (Å²) in [5, 5.41) is 9.83. The molecule has 0 saturated carbocycles. The van der Waals surface area contributed by atoms with Crippen molar-refractivity contribution in [1.82, 2.24) is 20.5 Å². The highest BCUT2D eigenvalue weighted by molar-refractivity contribution is 6.35. The van der Waals surface area contributed by atoms with E-state index in [9.17, 15) is 9.59 Å². The molecule has 1 saturated heterocycles. The van der Waals surface area contributed by atoms with Gasteiger partial charge in [-0.3, -0.25) is 9.59 Å². The number of carbonyl (C=O) groups excluding carboxylic acids is 2. The van der Waals surface area contributed by atoms with Crippen molar-refractivity contribution in [2.45, 2.75) is 38.4 Å². The van der Waals surface area contributed by atoms with E-state index in [4.69, 9.17) is 15.7 Å². The second-order valence-corrected chi connectivity index (χ2v) is 8.81. The third kappa shape index (κ3) is 5.14. The van der Waals surface area contributed by atoms with E-state index in [2.05, 4.69) is 28.1 Å². The van der Waals surface area contributed by atoms with Gasteiger partial charge in [-0.1, -0.05) is 48.0 Å². The van der Waals surface area contributed by atoms with Gasteiger partial charge in [-0.15, -0.1) is 0 Å². The molecule has 3 N–H and O–H groups in total. The smallest absolute Gasteiger partial charge is 0.242 e. The number of nitrogens with one attached hydrogen (secondary N) is 3. The molecule has 2 aromatic carbocycles. The minimum atomic E-state index is -2.33. The second kappa shape index (κ2) is 9.76. The van der Waals surface area contributed by atoms with Crippen LogP contribution in [0, 0.1) is 5.92 Å². The van der Waals surface area contributed by atoms with Crippen LogP contribution in [0.25, 0.3) is 10.9 Å². The molecule has 3 aromatic rings. The van der Waals surface area contributed by atoms with Gasteiger partial charge in [0.2, 0.25) is 11.8 Å². The maximum atomic E-state index is 12.7. The molecule has 0 bridgehead atoms. The molecular formula is C25H29ClN4O2. The highest BCUT2D eigenvalue weighted by Gasteiger charge is 2.30. The zero-order valence-corrected chi connectivity index (χ0v) is 18.7. The van der Waals surface area contributed by atoms with Gasteiger partial charge in [-0.2, -0.15) is 0 Å². The third-order valence-electron chi connectivity index (χ3n) is 5.94. The normalized spacial score (nSPS) is 20.9. The number of rotatable bonds is 7. The van der Waals surface area contributed by atoms with Crippen LogP contribution in [-0.2, 0) is 29.5 Å². The summed E-state index contributed by atoms with van der Waals surface area (Å²) < 4.78 is 24.0. The van der Waals surface area contributed by atoms with Crippen molar-refractivity contribution in [3.8, 4) is 0 Å². The molecule has 0 radical (unpaired) electrons. The van der Waals surface area contributed by atoms with E-state index in [1.165, 1.54) is 11.8 Å². The summed E-state index contributed by atoms with van der Waals surface area (Å²) in [6, 6.07) is 14.4. The van der Waals surface area contributed by atoms with Crippen molar-refractivity contribution in [2.24, 2.45) is 12.9 Å². The summed E-state index contributed by atoms with van der Waals surface area (Å²) in [4.78, 5) is 25.3. The van der Waals surface area contributed by atoms with E-state index in [0.717, 1.165) is 29.5 Å². The third-order valence-corrected chi connectivity index (χ3v) is 6.25. The van der Waals surface area contributed by atoms with Crippen molar-refractivity contribution < 1.29 is 13.7 Å². The molecule has 1 aromatic heterocycles. The Morgan fingerprint density at radius 2 is 2.06 bits per heavy atom. The molecule has 0 aliphatic carbocycles. The molecule has 168 valence electrons. The molecule has 3 atom stereocenters. The van der Waals surface area contributed by atoms with Crippen LogP contribution in [0.3, 0.4) is 0 Å². The average molecular weight is 456 g/mol. The Labute approximate surface area is 197 Å². The number of hydrogen-bond donors (Lipinski definition) is 3. The van der Waals surface area contributed by atoms with Gasteiger partial charge in [0.15, 0.2) is 0 Å². The Morgan fingerprint density at radius 1 is 1.25 bits per heavy atom. The Bertz CT molecular complexity index is 1210. The number of benzene rings is 2.